The quantitative estimate of drug-likeness (QED) is 0.922. The molecule has 1 saturated heterocycles. The van der Waals surface area contributed by atoms with Crippen LogP contribution in [-0.2, 0) is 0 Å². The molecule has 1 aromatic rings. The lowest BCUT2D eigenvalue weighted by atomic mass is 10.1. The van der Waals surface area contributed by atoms with Crippen molar-refractivity contribution < 1.29 is 14.3 Å². The average Bonchev–Trinajstić information content (AvgIpc) is 2.54. The van der Waals surface area contributed by atoms with E-state index < -0.39 is 0 Å². The number of benzene rings is 1. The number of halogens is 1. The average molecular weight is 326 g/mol. The minimum absolute atomic E-state index is 0.0880. The lowest BCUT2D eigenvalue weighted by Gasteiger charge is -2.34. The second kappa shape index (κ2) is 7.35. The molecule has 6 nitrogen and oxygen atoms in total. The summed E-state index contributed by atoms with van der Waals surface area (Å²) in [7, 11) is 1.52. The summed E-state index contributed by atoms with van der Waals surface area (Å²) in [5, 5.41) is 3.25. The van der Waals surface area contributed by atoms with Crippen LogP contribution in [0.4, 0.5) is 4.79 Å². The van der Waals surface area contributed by atoms with E-state index in [1.165, 1.54) is 7.11 Å². The Morgan fingerprint density at radius 3 is 2.45 bits per heavy atom. The predicted molar refractivity (Wildman–Crippen MR) is 84.6 cm³/mol. The van der Waals surface area contributed by atoms with E-state index in [0.717, 1.165) is 0 Å². The standard InChI is InChI=1S/C15H20ClN3O3/c1-3-17-15(21)19-8-6-18(7-9-19)14(20)12-10-11(16)4-5-13(12)22-2/h4-5,10H,3,6-9H2,1-2H3,(H,17,21). The molecule has 1 N–H and O–H groups in total. The maximum atomic E-state index is 12.6. The number of carbonyl (C=O) groups is 2. The fourth-order valence-corrected chi connectivity index (χ4v) is 2.57. The van der Waals surface area contributed by atoms with E-state index in [1.807, 2.05) is 6.92 Å². The number of nitrogens with one attached hydrogen (secondary N) is 1. The Morgan fingerprint density at radius 1 is 1.23 bits per heavy atom. The van der Waals surface area contributed by atoms with Crippen LogP contribution in [0.15, 0.2) is 18.2 Å². The second-order valence-electron chi connectivity index (χ2n) is 4.96. The number of methoxy groups -OCH3 is 1. The Kier molecular flexibility index (Phi) is 5.49. The molecule has 120 valence electrons. The Bertz CT molecular complexity index is 557. The number of carbonyl (C=O) groups excluding carboxylic acids is 2. The number of nitrogens with zero attached hydrogens (tertiary/aromatic N) is 2. The zero-order valence-electron chi connectivity index (χ0n) is 12.8. The van der Waals surface area contributed by atoms with Crippen molar-refractivity contribution in [1.29, 1.82) is 0 Å². The van der Waals surface area contributed by atoms with Gasteiger partial charge < -0.3 is 19.9 Å². The van der Waals surface area contributed by atoms with Gasteiger partial charge in [-0.15, -0.1) is 0 Å². The van der Waals surface area contributed by atoms with Crippen LogP contribution < -0.4 is 10.1 Å². The van der Waals surface area contributed by atoms with E-state index in [0.29, 0.717) is 49.1 Å². The molecule has 0 aromatic heterocycles. The summed E-state index contributed by atoms with van der Waals surface area (Å²) in [6.45, 7) is 4.49. The van der Waals surface area contributed by atoms with Crippen molar-refractivity contribution in [2.75, 3.05) is 39.8 Å². The first-order valence-electron chi connectivity index (χ1n) is 7.22. The van der Waals surface area contributed by atoms with E-state index in [2.05, 4.69) is 5.32 Å². The van der Waals surface area contributed by atoms with E-state index in [4.69, 9.17) is 16.3 Å². The van der Waals surface area contributed by atoms with E-state index in [9.17, 15) is 9.59 Å². The Balaban J connectivity index is 2.04. The SMILES string of the molecule is CCNC(=O)N1CCN(C(=O)c2cc(Cl)ccc2OC)CC1. The van der Waals surface area contributed by atoms with Crippen LogP contribution in [0, 0.1) is 0 Å². The van der Waals surface area contributed by atoms with Gasteiger partial charge in [-0.25, -0.2) is 4.79 Å². The molecule has 1 aromatic carbocycles. The van der Waals surface area contributed by atoms with E-state index >= 15 is 0 Å². The number of hydrogen-bond donors (Lipinski definition) is 1. The van der Waals surface area contributed by atoms with Crippen LogP contribution in [0.1, 0.15) is 17.3 Å². The van der Waals surface area contributed by atoms with Crippen molar-refractivity contribution in [3.63, 3.8) is 0 Å². The molecule has 22 heavy (non-hydrogen) atoms. The van der Waals surface area contributed by atoms with Crippen molar-refractivity contribution in [3.8, 4) is 5.75 Å². The molecule has 0 atom stereocenters. The third kappa shape index (κ3) is 3.62. The summed E-state index contributed by atoms with van der Waals surface area (Å²) < 4.78 is 5.22. The Morgan fingerprint density at radius 2 is 1.86 bits per heavy atom. The first-order chi connectivity index (χ1) is 10.6. The van der Waals surface area contributed by atoms with Gasteiger partial charge >= 0.3 is 6.03 Å². The highest BCUT2D eigenvalue weighted by atomic mass is 35.5. The van der Waals surface area contributed by atoms with Gasteiger partial charge in [0.05, 0.1) is 12.7 Å². The van der Waals surface area contributed by atoms with Gasteiger partial charge in [0.25, 0.3) is 5.91 Å². The molecule has 0 saturated carbocycles. The number of amides is 3. The highest BCUT2D eigenvalue weighted by molar-refractivity contribution is 6.31. The van der Waals surface area contributed by atoms with Crippen LogP contribution in [0.5, 0.6) is 5.75 Å². The molecular weight excluding hydrogens is 306 g/mol. The molecule has 0 aliphatic carbocycles. The van der Waals surface area contributed by atoms with Gasteiger partial charge in [0.15, 0.2) is 0 Å². The molecule has 0 spiro atoms. The minimum atomic E-state index is -0.130. The van der Waals surface area contributed by atoms with E-state index in [-0.39, 0.29) is 11.9 Å². The zero-order valence-corrected chi connectivity index (χ0v) is 13.5. The molecule has 0 unspecified atom stereocenters. The largest absolute Gasteiger partial charge is 0.496 e. The molecule has 0 radical (unpaired) electrons. The van der Waals surface area contributed by atoms with Crippen LogP contribution in [0.2, 0.25) is 5.02 Å². The van der Waals surface area contributed by atoms with Gasteiger partial charge in [-0.1, -0.05) is 11.6 Å². The van der Waals surface area contributed by atoms with Gasteiger partial charge in [-0.2, -0.15) is 0 Å². The summed E-state index contributed by atoms with van der Waals surface area (Å²) >= 11 is 5.97. The number of piperazine rings is 1. The smallest absolute Gasteiger partial charge is 0.317 e. The van der Waals surface area contributed by atoms with Gasteiger partial charge in [-0.05, 0) is 25.1 Å². The first-order valence-corrected chi connectivity index (χ1v) is 7.60. The predicted octanol–water partition coefficient (Wildman–Crippen LogP) is 1.84. The van der Waals surface area contributed by atoms with Crippen molar-refractivity contribution in [2.24, 2.45) is 0 Å². The molecule has 1 aliphatic heterocycles. The molecule has 3 amide bonds. The molecular formula is C15H20ClN3O3. The molecule has 2 rings (SSSR count). The minimum Gasteiger partial charge on any atom is -0.496 e. The van der Waals surface area contributed by atoms with Crippen molar-refractivity contribution >= 4 is 23.5 Å². The van der Waals surface area contributed by atoms with Gasteiger partial charge in [0, 0.05) is 37.7 Å². The van der Waals surface area contributed by atoms with Gasteiger partial charge in [0.1, 0.15) is 5.75 Å². The van der Waals surface area contributed by atoms with Gasteiger partial charge in [0.2, 0.25) is 0 Å². The number of urea groups is 1. The molecule has 1 heterocycles. The summed E-state index contributed by atoms with van der Waals surface area (Å²) in [5.41, 5.74) is 0.446. The summed E-state index contributed by atoms with van der Waals surface area (Å²) in [4.78, 5) is 27.8. The molecule has 1 aliphatic rings. The maximum Gasteiger partial charge on any atom is 0.317 e. The molecule has 7 heteroatoms. The van der Waals surface area contributed by atoms with Crippen LogP contribution in [0.3, 0.4) is 0 Å². The van der Waals surface area contributed by atoms with Crippen molar-refractivity contribution in [1.82, 2.24) is 15.1 Å². The number of hydrogen-bond acceptors (Lipinski definition) is 3. The Hall–Kier alpha value is -1.95. The summed E-state index contributed by atoms with van der Waals surface area (Å²) in [6.07, 6.45) is 0. The fraction of sp³-hybridized carbons (Fsp3) is 0.467. The summed E-state index contributed by atoms with van der Waals surface area (Å²) in [5.74, 6) is 0.371. The molecule has 0 bridgehead atoms. The van der Waals surface area contributed by atoms with Crippen molar-refractivity contribution in [2.45, 2.75) is 6.92 Å². The lowest BCUT2D eigenvalue weighted by molar-refractivity contribution is 0.0662. The van der Waals surface area contributed by atoms with Gasteiger partial charge in [-0.3, -0.25) is 4.79 Å². The zero-order chi connectivity index (χ0) is 16.1. The van der Waals surface area contributed by atoms with Crippen LogP contribution >= 0.6 is 11.6 Å². The number of rotatable bonds is 3. The molecule has 1 fully saturated rings. The topological polar surface area (TPSA) is 61.9 Å². The maximum absolute atomic E-state index is 12.6. The second-order valence-corrected chi connectivity index (χ2v) is 5.40. The Labute approximate surface area is 135 Å². The normalized spacial score (nSPS) is 14.7. The summed E-state index contributed by atoms with van der Waals surface area (Å²) in [6, 6.07) is 4.89. The third-order valence-electron chi connectivity index (χ3n) is 3.57. The highest BCUT2D eigenvalue weighted by Crippen LogP contribution is 2.24. The van der Waals surface area contributed by atoms with Crippen LogP contribution in [-0.4, -0.2) is 61.6 Å². The number of ether oxygens (including phenoxy) is 1. The van der Waals surface area contributed by atoms with E-state index in [1.54, 1.807) is 28.0 Å². The monoisotopic (exact) mass is 325 g/mol. The highest BCUT2D eigenvalue weighted by Gasteiger charge is 2.26. The first kappa shape index (κ1) is 16.4. The third-order valence-corrected chi connectivity index (χ3v) is 3.81. The lowest BCUT2D eigenvalue weighted by Crippen LogP contribution is -2.53. The van der Waals surface area contributed by atoms with Crippen molar-refractivity contribution in [3.05, 3.63) is 28.8 Å². The van der Waals surface area contributed by atoms with Crippen LogP contribution in [0.25, 0.3) is 0 Å². The fourth-order valence-electron chi connectivity index (χ4n) is 2.39.